The molecule has 0 radical (unpaired) electrons. The van der Waals surface area contributed by atoms with E-state index in [1.54, 1.807) is 0 Å². The molecule has 1 aliphatic rings. The van der Waals surface area contributed by atoms with E-state index < -0.39 is 5.60 Å². The zero-order chi connectivity index (χ0) is 24.8. The molecule has 0 aromatic heterocycles. The van der Waals surface area contributed by atoms with Crippen LogP contribution < -0.4 is 0 Å². The van der Waals surface area contributed by atoms with Gasteiger partial charge in [0.1, 0.15) is 5.60 Å². The van der Waals surface area contributed by atoms with Gasteiger partial charge < -0.3 is 9.64 Å². The van der Waals surface area contributed by atoms with Gasteiger partial charge in [0.15, 0.2) is 0 Å². The number of rotatable bonds is 11. The number of carbonyl (C=O) groups is 1. The highest BCUT2D eigenvalue weighted by atomic mass is 16.6. The fourth-order valence-electron chi connectivity index (χ4n) is 4.88. The molecule has 2 rings (SSSR count). The van der Waals surface area contributed by atoms with Gasteiger partial charge in [-0.1, -0.05) is 76.3 Å². The quantitative estimate of drug-likeness (QED) is 0.240. The van der Waals surface area contributed by atoms with Crippen LogP contribution in [0.25, 0.3) is 0 Å². The standard InChI is InChI=1S/C31H49NO2/c1-6-8-9-10-11-12-13-14-15-16-26-17-19-27(20-18-26)28-21-23-29(24-22-28)32(25-7-2)30(33)34-31(3,4)5/h17-20,28-29H,6-14,21-25H2,1-5H3. The molecule has 1 amide bonds. The molecule has 3 heteroatoms. The Labute approximate surface area is 210 Å². The number of carbonyl (C=O) groups excluding carboxylic acids is 1. The molecule has 1 saturated carbocycles. The Bertz CT molecular complexity index is 757. The van der Waals surface area contributed by atoms with Crippen molar-refractivity contribution in [2.24, 2.45) is 0 Å². The van der Waals surface area contributed by atoms with Crippen LogP contribution in [0.4, 0.5) is 4.79 Å². The lowest BCUT2D eigenvalue weighted by Gasteiger charge is -2.37. The van der Waals surface area contributed by atoms with E-state index in [0.29, 0.717) is 12.0 Å². The molecule has 1 fully saturated rings. The molecule has 1 aromatic rings. The van der Waals surface area contributed by atoms with Crippen molar-refractivity contribution >= 4 is 6.09 Å². The number of amides is 1. The number of hydrogen-bond acceptors (Lipinski definition) is 2. The third-order valence-electron chi connectivity index (χ3n) is 6.75. The molecule has 1 aliphatic carbocycles. The van der Waals surface area contributed by atoms with Gasteiger partial charge in [0, 0.05) is 24.6 Å². The lowest BCUT2D eigenvalue weighted by molar-refractivity contribution is 0.0115. The summed E-state index contributed by atoms with van der Waals surface area (Å²) in [5, 5.41) is 0. The molecule has 0 heterocycles. The SMILES string of the molecule is CCCCCCCCCC#Cc1ccc(C2CCC(N(CCC)C(=O)OC(C)(C)C)CC2)cc1. The molecule has 1 aromatic carbocycles. The summed E-state index contributed by atoms with van der Waals surface area (Å²) < 4.78 is 5.68. The van der Waals surface area contributed by atoms with E-state index in [1.165, 1.54) is 50.5 Å². The van der Waals surface area contributed by atoms with Crippen LogP contribution in [-0.4, -0.2) is 29.2 Å². The van der Waals surface area contributed by atoms with E-state index in [4.69, 9.17) is 4.74 Å². The van der Waals surface area contributed by atoms with Crippen molar-refractivity contribution < 1.29 is 9.53 Å². The fourth-order valence-corrected chi connectivity index (χ4v) is 4.88. The van der Waals surface area contributed by atoms with E-state index >= 15 is 0 Å². The molecule has 0 atom stereocenters. The number of ether oxygens (including phenoxy) is 1. The van der Waals surface area contributed by atoms with Crippen molar-refractivity contribution in [1.82, 2.24) is 4.90 Å². The Kier molecular flexibility index (Phi) is 12.6. The molecule has 34 heavy (non-hydrogen) atoms. The highest BCUT2D eigenvalue weighted by Gasteiger charge is 2.31. The van der Waals surface area contributed by atoms with Gasteiger partial charge in [-0.25, -0.2) is 4.79 Å². The van der Waals surface area contributed by atoms with E-state index in [9.17, 15) is 4.79 Å². The second-order valence-corrected chi connectivity index (χ2v) is 11.0. The first-order valence-corrected chi connectivity index (χ1v) is 13.9. The second-order valence-electron chi connectivity index (χ2n) is 11.0. The van der Waals surface area contributed by atoms with Crippen molar-refractivity contribution in [2.75, 3.05) is 6.54 Å². The Hall–Kier alpha value is -1.95. The number of hydrogen-bond donors (Lipinski definition) is 0. The third-order valence-corrected chi connectivity index (χ3v) is 6.75. The Morgan fingerprint density at radius 1 is 0.912 bits per heavy atom. The third kappa shape index (κ3) is 10.5. The van der Waals surface area contributed by atoms with E-state index in [0.717, 1.165) is 50.6 Å². The number of unbranched alkanes of at least 4 members (excludes halogenated alkanes) is 7. The van der Waals surface area contributed by atoms with E-state index in [-0.39, 0.29) is 6.09 Å². The summed E-state index contributed by atoms with van der Waals surface area (Å²) in [4.78, 5) is 14.7. The Morgan fingerprint density at radius 2 is 1.53 bits per heavy atom. The summed E-state index contributed by atoms with van der Waals surface area (Å²) in [7, 11) is 0. The van der Waals surface area contributed by atoms with Crippen LogP contribution in [0.1, 0.15) is 135 Å². The maximum atomic E-state index is 12.7. The molecule has 0 spiro atoms. The average molecular weight is 468 g/mol. The maximum absolute atomic E-state index is 12.7. The number of nitrogens with zero attached hydrogens (tertiary/aromatic N) is 1. The summed E-state index contributed by atoms with van der Waals surface area (Å²) in [6.45, 7) is 11.0. The van der Waals surface area contributed by atoms with Crippen LogP contribution in [0.5, 0.6) is 0 Å². The molecule has 0 bridgehead atoms. The van der Waals surface area contributed by atoms with Crippen LogP contribution in [0.2, 0.25) is 0 Å². The van der Waals surface area contributed by atoms with Crippen molar-refractivity contribution in [3.05, 3.63) is 35.4 Å². The maximum Gasteiger partial charge on any atom is 0.410 e. The zero-order valence-corrected chi connectivity index (χ0v) is 22.6. The molecule has 190 valence electrons. The van der Waals surface area contributed by atoms with Gasteiger partial charge in [0.05, 0.1) is 0 Å². The molecule has 3 nitrogen and oxygen atoms in total. The normalized spacial score (nSPS) is 18.1. The van der Waals surface area contributed by atoms with Crippen molar-refractivity contribution in [1.29, 1.82) is 0 Å². The molecule has 0 saturated heterocycles. The summed E-state index contributed by atoms with van der Waals surface area (Å²) in [6, 6.07) is 9.19. The molecular weight excluding hydrogens is 418 g/mol. The first-order chi connectivity index (χ1) is 16.3. The predicted octanol–water partition coefficient (Wildman–Crippen LogP) is 8.85. The number of benzene rings is 1. The van der Waals surface area contributed by atoms with Crippen LogP contribution in [-0.2, 0) is 4.74 Å². The van der Waals surface area contributed by atoms with Crippen LogP contribution >= 0.6 is 0 Å². The monoisotopic (exact) mass is 467 g/mol. The summed E-state index contributed by atoms with van der Waals surface area (Å²) in [6.07, 6.45) is 15.5. The smallest absolute Gasteiger partial charge is 0.410 e. The van der Waals surface area contributed by atoms with Gasteiger partial charge in [-0.3, -0.25) is 0 Å². The largest absolute Gasteiger partial charge is 0.444 e. The molecule has 0 N–H and O–H groups in total. The van der Waals surface area contributed by atoms with E-state index in [1.807, 2.05) is 25.7 Å². The minimum atomic E-state index is -0.445. The summed E-state index contributed by atoms with van der Waals surface area (Å²) >= 11 is 0. The van der Waals surface area contributed by atoms with Crippen molar-refractivity contribution in [2.45, 2.75) is 136 Å². The van der Waals surface area contributed by atoms with Gasteiger partial charge in [-0.2, -0.15) is 0 Å². The van der Waals surface area contributed by atoms with Crippen LogP contribution in [0.3, 0.4) is 0 Å². The van der Waals surface area contributed by atoms with E-state index in [2.05, 4.69) is 50.0 Å². The van der Waals surface area contributed by atoms with Gasteiger partial charge in [0.2, 0.25) is 0 Å². The minimum Gasteiger partial charge on any atom is -0.444 e. The van der Waals surface area contributed by atoms with Crippen LogP contribution in [0, 0.1) is 11.8 Å². The molecular formula is C31H49NO2. The first kappa shape index (κ1) is 28.3. The van der Waals surface area contributed by atoms with Gasteiger partial charge in [-0.15, -0.1) is 0 Å². The second kappa shape index (κ2) is 15.1. The van der Waals surface area contributed by atoms with Crippen molar-refractivity contribution in [3.63, 3.8) is 0 Å². The van der Waals surface area contributed by atoms with Gasteiger partial charge >= 0.3 is 6.09 Å². The Morgan fingerprint density at radius 3 is 2.12 bits per heavy atom. The first-order valence-electron chi connectivity index (χ1n) is 13.9. The fraction of sp³-hybridized carbons (Fsp3) is 0.710. The predicted molar refractivity (Wildman–Crippen MR) is 144 cm³/mol. The van der Waals surface area contributed by atoms with Crippen molar-refractivity contribution in [3.8, 4) is 11.8 Å². The highest BCUT2D eigenvalue weighted by Crippen LogP contribution is 2.35. The Balaban J connectivity index is 1.77. The summed E-state index contributed by atoms with van der Waals surface area (Å²) in [5.41, 5.74) is 2.09. The highest BCUT2D eigenvalue weighted by molar-refractivity contribution is 5.68. The zero-order valence-electron chi connectivity index (χ0n) is 22.6. The molecule has 0 unspecified atom stereocenters. The van der Waals surface area contributed by atoms with Gasteiger partial charge in [-0.05, 0) is 82.9 Å². The minimum absolute atomic E-state index is 0.155. The molecule has 0 aliphatic heterocycles. The summed E-state index contributed by atoms with van der Waals surface area (Å²) in [5.74, 6) is 7.28. The average Bonchev–Trinajstić information content (AvgIpc) is 2.81. The van der Waals surface area contributed by atoms with Gasteiger partial charge in [0.25, 0.3) is 0 Å². The van der Waals surface area contributed by atoms with Crippen LogP contribution in [0.15, 0.2) is 24.3 Å². The lowest BCUT2D eigenvalue weighted by atomic mass is 9.81. The lowest BCUT2D eigenvalue weighted by Crippen LogP contribution is -2.45. The topological polar surface area (TPSA) is 29.5 Å².